The van der Waals surface area contributed by atoms with Gasteiger partial charge in [-0.15, -0.1) is 0 Å². The van der Waals surface area contributed by atoms with Gasteiger partial charge >= 0.3 is 5.97 Å². The summed E-state index contributed by atoms with van der Waals surface area (Å²) >= 11 is 0. The van der Waals surface area contributed by atoms with Crippen molar-refractivity contribution in [2.45, 2.75) is 33.1 Å². The molecule has 0 radical (unpaired) electrons. The fourth-order valence-electron chi connectivity index (χ4n) is 2.20. The van der Waals surface area contributed by atoms with E-state index in [1.165, 1.54) is 6.33 Å². The Hall–Kier alpha value is -2.23. The number of carboxylic acid groups (broad SMARTS) is 1. The second-order valence-electron chi connectivity index (χ2n) is 5.87. The van der Waals surface area contributed by atoms with E-state index in [-0.39, 0.29) is 5.41 Å². The van der Waals surface area contributed by atoms with Gasteiger partial charge in [0.05, 0.1) is 11.3 Å². The SMILES string of the molecule is Cc1cncnc1-c1ccc(C(=O)O)c(C(C)(C)C)c1. The first kappa shape index (κ1) is 14.2. The molecule has 1 N–H and O–H groups in total. The first-order chi connectivity index (χ1) is 9.30. The molecule has 0 spiro atoms. The van der Waals surface area contributed by atoms with Crippen LogP contribution in [0.3, 0.4) is 0 Å². The van der Waals surface area contributed by atoms with Gasteiger partial charge in [-0.3, -0.25) is 0 Å². The quantitative estimate of drug-likeness (QED) is 0.907. The number of aromatic carboxylic acids is 1. The minimum Gasteiger partial charge on any atom is -0.478 e. The third kappa shape index (κ3) is 2.69. The molecule has 1 aromatic carbocycles. The van der Waals surface area contributed by atoms with Gasteiger partial charge in [-0.05, 0) is 35.6 Å². The van der Waals surface area contributed by atoms with Gasteiger partial charge in [-0.2, -0.15) is 0 Å². The summed E-state index contributed by atoms with van der Waals surface area (Å²) in [5, 5.41) is 9.32. The van der Waals surface area contributed by atoms with Gasteiger partial charge in [0.1, 0.15) is 6.33 Å². The zero-order chi connectivity index (χ0) is 14.9. The molecule has 2 rings (SSSR count). The summed E-state index contributed by atoms with van der Waals surface area (Å²) in [6, 6.07) is 5.37. The highest BCUT2D eigenvalue weighted by molar-refractivity contribution is 5.90. The predicted octanol–water partition coefficient (Wildman–Crippen LogP) is 3.45. The van der Waals surface area contributed by atoms with Gasteiger partial charge in [-0.1, -0.05) is 26.8 Å². The van der Waals surface area contributed by atoms with Gasteiger partial charge in [0.2, 0.25) is 0 Å². The Labute approximate surface area is 118 Å². The van der Waals surface area contributed by atoms with Crippen LogP contribution in [0.25, 0.3) is 11.3 Å². The topological polar surface area (TPSA) is 63.1 Å². The largest absolute Gasteiger partial charge is 0.478 e. The predicted molar refractivity (Wildman–Crippen MR) is 77.9 cm³/mol. The van der Waals surface area contributed by atoms with Crippen LogP contribution >= 0.6 is 0 Å². The van der Waals surface area contributed by atoms with Crippen LogP contribution in [0.1, 0.15) is 42.3 Å². The number of rotatable bonds is 2. The molecule has 1 heterocycles. The fraction of sp³-hybridized carbons (Fsp3) is 0.312. The van der Waals surface area contributed by atoms with E-state index >= 15 is 0 Å². The lowest BCUT2D eigenvalue weighted by atomic mass is 9.82. The van der Waals surface area contributed by atoms with Crippen molar-refractivity contribution in [1.29, 1.82) is 0 Å². The molecule has 0 aliphatic heterocycles. The number of aromatic nitrogens is 2. The first-order valence-electron chi connectivity index (χ1n) is 6.45. The minimum absolute atomic E-state index is 0.245. The Bertz CT molecular complexity index is 658. The molecule has 0 bridgehead atoms. The average Bonchev–Trinajstić information content (AvgIpc) is 2.37. The van der Waals surface area contributed by atoms with Gasteiger partial charge in [-0.25, -0.2) is 14.8 Å². The summed E-state index contributed by atoms with van der Waals surface area (Å²) < 4.78 is 0. The van der Waals surface area contributed by atoms with Gasteiger partial charge < -0.3 is 5.11 Å². The zero-order valence-corrected chi connectivity index (χ0v) is 12.1. The standard InChI is InChI=1S/C16H18N2O2/c1-10-8-17-9-18-14(10)11-5-6-12(15(19)20)13(7-11)16(2,3)4/h5-9H,1-4H3,(H,19,20). The maximum absolute atomic E-state index is 11.4. The van der Waals surface area contributed by atoms with E-state index in [2.05, 4.69) is 9.97 Å². The summed E-state index contributed by atoms with van der Waals surface area (Å²) in [7, 11) is 0. The maximum Gasteiger partial charge on any atom is 0.335 e. The molecule has 2 aromatic rings. The van der Waals surface area contributed by atoms with Crippen molar-refractivity contribution < 1.29 is 9.90 Å². The van der Waals surface area contributed by atoms with Gasteiger partial charge in [0, 0.05) is 11.8 Å². The van der Waals surface area contributed by atoms with E-state index in [0.717, 1.165) is 22.4 Å². The molecule has 0 unspecified atom stereocenters. The number of nitrogens with zero attached hydrogens (tertiary/aromatic N) is 2. The third-order valence-corrected chi connectivity index (χ3v) is 3.23. The normalized spacial score (nSPS) is 11.4. The Kier molecular flexibility index (Phi) is 3.57. The molecule has 0 atom stereocenters. The monoisotopic (exact) mass is 270 g/mol. The smallest absolute Gasteiger partial charge is 0.335 e. The highest BCUT2D eigenvalue weighted by Gasteiger charge is 2.22. The molecule has 4 nitrogen and oxygen atoms in total. The summed E-state index contributed by atoms with van der Waals surface area (Å²) in [6.45, 7) is 7.96. The number of carbonyl (C=O) groups is 1. The van der Waals surface area contributed by atoms with Crippen LogP contribution in [0.15, 0.2) is 30.7 Å². The number of benzene rings is 1. The second kappa shape index (κ2) is 5.04. The summed E-state index contributed by atoms with van der Waals surface area (Å²) in [5.41, 5.74) is 3.62. The summed E-state index contributed by atoms with van der Waals surface area (Å²) in [4.78, 5) is 19.6. The van der Waals surface area contributed by atoms with Crippen LogP contribution in [-0.4, -0.2) is 21.0 Å². The van der Waals surface area contributed by atoms with E-state index in [1.54, 1.807) is 18.3 Å². The van der Waals surface area contributed by atoms with Crippen LogP contribution in [0.5, 0.6) is 0 Å². The lowest BCUT2D eigenvalue weighted by Gasteiger charge is -2.22. The number of hydrogen-bond donors (Lipinski definition) is 1. The fourth-order valence-corrected chi connectivity index (χ4v) is 2.20. The minimum atomic E-state index is -0.902. The molecule has 0 fully saturated rings. The first-order valence-corrected chi connectivity index (χ1v) is 6.45. The molecule has 0 aliphatic rings. The number of aryl methyl sites for hydroxylation is 1. The molecule has 0 amide bonds. The Morgan fingerprint density at radius 3 is 2.50 bits per heavy atom. The van der Waals surface area contributed by atoms with E-state index in [4.69, 9.17) is 0 Å². The summed E-state index contributed by atoms with van der Waals surface area (Å²) in [6.07, 6.45) is 3.26. The van der Waals surface area contributed by atoms with Crippen LogP contribution in [-0.2, 0) is 5.41 Å². The molecule has 1 aromatic heterocycles. The van der Waals surface area contributed by atoms with E-state index in [1.807, 2.05) is 33.8 Å². The van der Waals surface area contributed by atoms with Crippen molar-refractivity contribution in [3.8, 4) is 11.3 Å². The molecular weight excluding hydrogens is 252 g/mol. The molecular formula is C16H18N2O2. The Morgan fingerprint density at radius 2 is 1.95 bits per heavy atom. The van der Waals surface area contributed by atoms with Crippen molar-refractivity contribution in [3.63, 3.8) is 0 Å². The molecule has 4 heteroatoms. The van der Waals surface area contributed by atoms with E-state index in [0.29, 0.717) is 5.56 Å². The average molecular weight is 270 g/mol. The van der Waals surface area contributed by atoms with Crippen molar-refractivity contribution in [2.75, 3.05) is 0 Å². The lowest BCUT2D eigenvalue weighted by molar-refractivity contribution is 0.0694. The Balaban J connectivity index is 2.65. The maximum atomic E-state index is 11.4. The van der Waals surface area contributed by atoms with Crippen LogP contribution in [0.2, 0.25) is 0 Å². The van der Waals surface area contributed by atoms with Gasteiger partial charge in [0.15, 0.2) is 0 Å². The number of hydrogen-bond acceptors (Lipinski definition) is 3. The van der Waals surface area contributed by atoms with Crippen LogP contribution in [0, 0.1) is 6.92 Å². The van der Waals surface area contributed by atoms with Crippen molar-refractivity contribution >= 4 is 5.97 Å². The van der Waals surface area contributed by atoms with E-state index < -0.39 is 5.97 Å². The molecule has 104 valence electrons. The van der Waals surface area contributed by atoms with E-state index in [9.17, 15) is 9.90 Å². The van der Waals surface area contributed by atoms with Crippen molar-refractivity contribution in [1.82, 2.24) is 9.97 Å². The number of carboxylic acids is 1. The van der Waals surface area contributed by atoms with Gasteiger partial charge in [0.25, 0.3) is 0 Å². The van der Waals surface area contributed by atoms with Crippen molar-refractivity contribution in [3.05, 3.63) is 47.4 Å². The second-order valence-corrected chi connectivity index (χ2v) is 5.87. The van der Waals surface area contributed by atoms with Crippen LogP contribution < -0.4 is 0 Å². The lowest BCUT2D eigenvalue weighted by Crippen LogP contribution is -2.17. The third-order valence-electron chi connectivity index (χ3n) is 3.23. The molecule has 20 heavy (non-hydrogen) atoms. The molecule has 0 saturated carbocycles. The summed E-state index contributed by atoms with van der Waals surface area (Å²) in [5.74, 6) is -0.902. The Morgan fingerprint density at radius 1 is 1.25 bits per heavy atom. The zero-order valence-electron chi connectivity index (χ0n) is 12.1. The highest BCUT2D eigenvalue weighted by Crippen LogP contribution is 2.31. The highest BCUT2D eigenvalue weighted by atomic mass is 16.4. The van der Waals surface area contributed by atoms with Crippen molar-refractivity contribution in [2.24, 2.45) is 0 Å². The molecule has 0 aliphatic carbocycles. The molecule has 0 saturated heterocycles. The van der Waals surface area contributed by atoms with Crippen LogP contribution in [0.4, 0.5) is 0 Å².